The standard InChI is InChI=1S/C17H19N5O3/c18-14(23)13-11-22-10-7-20-16(22)17(25-13)4-8-21(9-5-17)15(24)12-3-1-2-6-19-12/h1-3,6-7,10,13H,4-5,8-9,11H2,(H2,18,23). The van der Waals surface area contributed by atoms with Crippen molar-refractivity contribution in [3.8, 4) is 0 Å². The van der Waals surface area contributed by atoms with Gasteiger partial charge in [0.1, 0.15) is 17.1 Å². The molecule has 0 bridgehead atoms. The molecule has 8 heteroatoms. The number of ether oxygens (including phenoxy) is 1. The fourth-order valence-corrected chi connectivity index (χ4v) is 3.61. The van der Waals surface area contributed by atoms with Crippen molar-refractivity contribution in [2.24, 2.45) is 5.73 Å². The number of nitrogens with zero attached hydrogens (tertiary/aromatic N) is 4. The zero-order valence-electron chi connectivity index (χ0n) is 13.7. The van der Waals surface area contributed by atoms with Crippen LogP contribution in [0.25, 0.3) is 0 Å². The van der Waals surface area contributed by atoms with Crippen LogP contribution in [0.3, 0.4) is 0 Å². The molecule has 1 fully saturated rings. The third-order valence-electron chi connectivity index (χ3n) is 4.91. The van der Waals surface area contributed by atoms with Crippen LogP contribution in [0, 0.1) is 0 Å². The molecule has 4 heterocycles. The number of carbonyl (C=O) groups excluding carboxylic acids is 2. The summed E-state index contributed by atoms with van der Waals surface area (Å²) >= 11 is 0. The molecule has 0 aromatic carbocycles. The molecule has 2 amide bonds. The molecule has 2 aliphatic heterocycles. The van der Waals surface area contributed by atoms with Gasteiger partial charge in [-0.3, -0.25) is 14.6 Å². The average Bonchev–Trinajstić information content (AvgIpc) is 3.12. The Kier molecular flexibility index (Phi) is 3.76. The topological polar surface area (TPSA) is 103 Å². The number of primary amides is 1. The molecule has 4 rings (SSSR count). The predicted octanol–water partition coefficient (Wildman–Crippen LogP) is 0.294. The lowest BCUT2D eigenvalue weighted by Gasteiger charge is -2.45. The van der Waals surface area contributed by atoms with Gasteiger partial charge in [-0.15, -0.1) is 0 Å². The highest BCUT2D eigenvalue weighted by Crippen LogP contribution is 2.40. The summed E-state index contributed by atoms with van der Waals surface area (Å²) in [6.45, 7) is 1.39. The minimum Gasteiger partial charge on any atom is -0.367 e. The van der Waals surface area contributed by atoms with Gasteiger partial charge < -0.3 is 19.9 Å². The zero-order chi connectivity index (χ0) is 17.4. The van der Waals surface area contributed by atoms with Crippen LogP contribution in [0.1, 0.15) is 29.2 Å². The van der Waals surface area contributed by atoms with Gasteiger partial charge in [0.05, 0.1) is 6.54 Å². The number of piperidine rings is 1. The highest BCUT2D eigenvalue weighted by Gasteiger charge is 2.47. The van der Waals surface area contributed by atoms with Crippen molar-refractivity contribution in [2.45, 2.75) is 31.1 Å². The SMILES string of the molecule is NC(=O)C1Cn2ccnc2C2(CCN(C(=O)c3ccccn3)CC2)O1. The molecule has 0 saturated carbocycles. The number of imidazole rings is 1. The summed E-state index contributed by atoms with van der Waals surface area (Å²) in [6, 6.07) is 5.28. The predicted molar refractivity (Wildman–Crippen MR) is 87.3 cm³/mol. The van der Waals surface area contributed by atoms with Gasteiger partial charge in [-0.25, -0.2) is 4.98 Å². The number of nitrogens with two attached hydrogens (primary N) is 1. The Balaban J connectivity index is 1.55. The van der Waals surface area contributed by atoms with Gasteiger partial charge in [-0.2, -0.15) is 0 Å². The molecule has 2 aliphatic rings. The van der Waals surface area contributed by atoms with Gasteiger partial charge in [-0.05, 0) is 12.1 Å². The number of aromatic nitrogens is 3. The molecule has 130 valence electrons. The molecule has 2 aromatic rings. The Morgan fingerprint density at radius 2 is 2.00 bits per heavy atom. The molecular weight excluding hydrogens is 322 g/mol. The lowest BCUT2D eigenvalue weighted by Crippen LogP contribution is -2.54. The fourth-order valence-electron chi connectivity index (χ4n) is 3.61. The van der Waals surface area contributed by atoms with E-state index in [1.165, 1.54) is 0 Å². The zero-order valence-corrected chi connectivity index (χ0v) is 13.7. The van der Waals surface area contributed by atoms with Crippen LogP contribution in [0.2, 0.25) is 0 Å². The van der Waals surface area contributed by atoms with Gasteiger partial charge in [-0.1, -0.05) is 6.07 Å². The molecule has 1 unspecified atom stereocenters. The van der Waals surface area contributed by atoms with Gasteiger partial charge in [0.25, 0.3) is 5.91 Å². The van der Waals surface area contributed by atoms with E-state index in [4.69, 9.17) is 10.5 Å². The third kappa shape index (κ3) is 2.68. The van der Waals surface area contributed by atoms with E-state index in [1.807, 2.05) is 10.8 Å². The largest absolute Gasteiger partial charge is 0.367 e. The number of rotatable bonds is 2. The lowest BCUT2D eigenvalue weighted by molar-refractivity contribution is -0.169. The van der Waals surface area contributed by atoms with E-state index in [0.29, 0.717) is 38.2 Å². The van der Waals surface area contributed by atoms with E-state index in [9.17, 15) is 9.59 Å². The molecule has 0 radical (unpaired) electrons. The summed E-state index contributed by atoms with van der Waals surface area (Å²) in [5, 5.41) is 0. The highest BCUT2D eigenvalue weighted by atomic mass is 16.5. The average molecular weight is 341 g/mol. The van der Waals surface area contributed by atoms with Crippen LogP contribution in [0.15, 0.2) is 36.8 Å². The molecule has 1 atom stereocenters. The number of amides is 2. The maximum Gasteiger partial charge on any atom is 0.272 e. The number of hydrogen-bond acceptors (Lipinski definition) is 5. The summed E-state index contributed by atoms with van der Waals surface area (Å²) in [6.07, 6.45) is 5.59. The van der Waals surface area contributed by atoms with Crippen LogP contribution in [0.4, 0.5) is 0 Å². The van der Waals surface area contributed by atoms with Crippen molar-refractivity contribution < 1.29 is 14.3 Å². The smallest absolute Gasteiger partial charge is 0.272 e. The Bertz CT molecular complexity index is 796. The summed E-state index contributed by atoms with van der Waals surface area (Å²) in [5.74, 6) is 0.224. The summed E-state index contributed by atoms with van der Waals surface area (Å²) in [4.78, 5) is 34.5. The molecule has 8 nitrogen and oxygen atoms in total. The summed E-state index contributed by atoms with van der Waals surface area (Å²) in [5.41, 5.74) is 5.22. The first-order chi connectivity index (χ1) is 12.1. The third-order valence-corrected chi connectivity index (χ3v) is 4.91. The highest BCUT2D eigenvalue weighted by molar-refractivity contribution is 5.92. The summed E-state index contributed by atoms with van der Waals surface area (Å²) in [7, 11) is 0. The van der Waals surface area contributed by atoms with Crippen LogP contribution < -0.4 is 5.73 Å². The first kappa shape index (κ1) is 15.8. The van der Waals surface area contributed by atoms with Crippen molar-refractivity contribution in [3.63, 3.8) is 0 Å². The minimum absolute atomic E-state index is 0.0962. The van der Waals surface area contributed by atoms with Crippen molar-refractivity contribution in [1.82, 2.24) is 19.4 Å². The van der Waals surface area contributed by atoms with Crippen molar-refractivity contribution in [3.05, 3.63) is 48.3 Å². The maximum atomic E-state index is 12.6. The molecular formula is C17H19N5O3. The molecule has 0 aliphatic carbocycles. The van der Waals surface area contributed by atoms with Crippen molar-refractivity contribution >= 4 is 11.8 Å². The number of likely N-dealkylation sites (tertiary alicyclic amines) is 1. The Morgan fingerprint density at radius 1 is 1.20 bits per heavy atom. The number of fused-ring (bicyclic) bond motifs is 2. The number of hydrogen-bond donors (Lipinski definition) is 1. The molecule has 1 saturated heterocycles. The molecule has 1 spiro atoms. The Labute approximate surface area is 144 Å². The van der Waals surface area contributed by atoms with Crippen LogP contribution in [0.5, 0.6) is 0 Å². The summed E-state index contributed by atoms with van der Waals surface area (Å²) < 4.78 is 8.01. The van der Waals surface area contributed by atoms with E-state index >= 15 is 0 Å². The second-order valence-electron chi connectivity index (χ2n) is 6.41. The normalized spacial score (nSPS) is 21.8. The van der Waals surface area contributed by atoms with Crippen LogP contribution >= 0.6 is 0 Å². The molecule has 25 heavy (non-hydrogen) atoms. The van der Waals surface area contributed by atoms with E-state index in [2.05, 4.69) is 9.97 Å². The second kappa shape index (κ2) is 5.96. The van der Waals surface area contributed by atoms with E-state index < -0.39 is 17.6 Å². The maximum absolute atomic E-state index is 12.6. The number of pyridine rings is 1. The Hall–Kier alpha value is -2.74. The van der Waals surface area contributed by atoms with Gasteiger partial charge in [0.2, 0.25) is 5.91 Å². The fraction of sp³-hybridized carbons (Fsp3) is 0.412. The second-order valence-corrected chi connectivity index (χ2v) is 6.41. The molecule has 2 N–H and O–H groups in total. The Morgan fingerprint density at radius 3 is 2.68 bits per heavy atom. The van der Waals surface area contributed by atoms with Crippen LogP contribution in [-0.4, -0.2) is 50.4 Å². The van der Waals surface area contributed by atoms with Crippen LogP contribution in [-0.2, 0) is 21.7 Å². The quantitative estimate of drug-likeness (QED) is 0.846. The van der Waals surface area contributed by atoms with Crippen molar-refractivity contribution in [2.75, 3.05) is 13.1 Å². The minimum atomic E-state index is -0.681. The lowest BCUT2D eigenvalue weighted by atomic mass is 9.88. The monoisotopic (exact) mass is 341 g/mol. The number of carbonyl (C=O) groups is 2. The first-order valence-electron chi connectivity index (χ1n) is 8.28. The first-order valence-corrected chi connectivity index (χ1v) is 8.28. The van der Waals surface area contributed by atoms with E-state index in [-0.39, 0.29) is 5.91 Å². The van der Waals surface area contributed by atoms with E-state index in [0.717, 1.165) is 5.82 Å². The van der Waals surface area contributed by atoms with Gasteiger partial charge >= 0.3 is 0 Å². The van der Waals surface area contributed by atoms with Gasteiger partial charge in [0, 0.05) is 44.5 Å². The van der Waals surface area contributed by atoms with Crippen molar-refractivity contribution in [1.29, 1.82) is 0 Å². The van der Waals surface area contributed by atoms with Gasteiger partial charge in [0.15, 0.2) is 6.10 Å². The molecule has 2 aromatic heterocycles. The van der Waals surface area contributed by atoms with E-state index in [1.54, 1.807) is 35.5 Å².